The Hall–Kier alpha value is -1.87. The molecule has 0 saturated heterocycles. The number of carbonyl (C=O) groups excluding carboxylic acids is 1. The standard InChI is InChI=1S/C12H8ClNO2.C2H6/c13-11-6-14-7-12(10(11)8-15)16-9-4-2-1-3-5-9;1-2/h1-8H;1-2H3. The van der Waals surface area contributed by atoms with E-state index in [1.165, 1.54) is 12.4 Å². The SMILES string of the molecule is CC.O=Cc1c(Cl)cncc1Oc1ccccc1. The van der Waals surface area contributed by atoms with Gasteiger partial charge in [0.05, 0.1) is 16.8 Å². The molecular weight excluding hydrogens is 250 g/mol. The van der Waals surface area contributed by atoms with Crippen LogP contribution in [-0.4, -0.2) is 11.3 Å². The molecule has 0 atom stereocenters. The Bertz CT molecular complexity index is 500. The summed E-state index contributed by atoms with van der Waals surface area (Å²) in [7, 11) is 0. The number of halogens is 1. The molecule has 0 aliphatic rings. The summed E-state index contributed by atoms with van der Waals surface area (Å²) in [5.74, 6) is 0.989. The van der Waals surface area contributed by atoms with Crippen molar-refractivity contribution in [3.05, 3.63) is 53.3 Å². The van der Waals surface area contributed by atoms with E-state index in [4.69, 9.17) is 16.3 Å². The summed E-state index contributed by atoms with van der Waals surface area (Å²) >= 11 is 5.82. The fraction of sp³-hybridized carbons (Fsp3) is 0.143. The lowest BCUT2D eigenvalue weighted by Gasteiger charge is -2.07. The van der Waals surface area contributed by atoms with Gasteiger partial charge in [0.25, 0.3) is 0 Å². The van der Waals surface area contributed by atoms with Crippen molar-refractivity contribution in [2.75, 3.05) is 0 Å². The molecule has 4 heteroatoms. The second-order valence-electron chi connectivity index (χ2n) is 3.07. The van der Waals surface area contributed by atoms with Gasteiger partial charge >= 0.3 is 0 Å². The summed E-state index contributed by atoms with van der Waals surface area (Å²) in [6, 6.07) is 9.14. The quantitative estimate of drug-likeness (QED) is 0.772. The summed E-state index contributed by atoms with van der Waals surface area (Å²) in [6.45, 7) is 4.00. The highest BCUT2D eigenvalue weighted by Gasteiger charge is 2.08. The van der Waals surface area contributed by atoms with Crippen molar-refractivity contribution in [2.45, 2.75) is 13.8 Å². The van der Waals surface area contributed by atoms with Gasteiger partial charge in [-0.3, -0.25) is 9.78 Å². The van der Waals surface area contributed by atoms with Crippen LogP contribution in [0, 0.1) is 0 Å². The average Bonchev–Trinajstić information content (AvgIpc) is 2.42. The Labute approximate surface area is 111 Å². The highest BCUT2D eigenvalue weighted by atomic mass is 35.5. The van der Waals surface area contributed by atoms with Crippen LogP contribution >= 0.6 is 11.6 Å². The molecule has 1 aromatic heterocycles. The first-order valence-electron chi connectivity index (χ1n) is 5.63. The van der Waals surface area contributed by atoms with Gasteiger partial charge in [-0.25, -0.2) is 0 Å². The van der Waals surface area contributed by atoms with Crippen molar-refractivity contribution in [3.8, 4) is 11.5 Å². The number of ether oxygens (including phenoxy) is 1. The highest BCUT2D eigenvalue weighted by molar-refractivity contribution is 6.33. The highest BCUT2D eigenvalue weighted by Crippen LogP contribution is 2.27. The van der Waals surface area contributed by atoms with Gasteiger partial charge in [0.1, 0.15) is 5.75 Å². The van der Waals surface area contributed by atoms with E-state index in [1.807, 2.05) is 32.0 Å². The van der Waals surface area contributed by atoms with E-state index in [0.717, 1.165) is 0 Å². The zero-order chi connectivity index (χ0) is 13.4. The number of rotatable bonds is 3. The Morgan fingerprint density at radius 3 is 2.44 bits per heavy atom. The van der Waals surface area contributed by atoms with Gasteiger partial charge in [-0.15, -0.1) is 0 Å². The number of hydrogen-bond donors (Lipinski definition) is 0. The van der Waals surface area contributed by atoms with E-state index < -0.39 is 0 Å². The van der Waals surface area contributed by atoms with Gasteiger partial charge in [-0.2, -0.15) is 0 Å². The second-order valence-corrected chi connectivity index (χ2v) is 3.47. The normalized spacial score (nSPS) is 9.06. The van der Waals surface area contributed by atoms with Crippen LogP contribution in [0.1, 0.15) is 24.2 Å². The zero-order valence-electron chi connectivity index (χ0n) is 10.3. The third-order valence-corrected chi connectivity index (χ3v) is 2.29. The summed E-state index contributed by atoms with van der Waals surface area (Å²) in [4.78, 5) is 14.7. The van der Waals surface area contributed by atoms with Gasteiger partial charge in [-0.1, -0.05) is 43.6 Å². The number of hydrogen-bond acceptors (Lipinski definition) is 3. The molecule has 0 amide bonds. The molecule has 0 radical (unpaired) electrons. The molecular formula is C14H14ClNO2. The van der Waals surface area contributed by atoms with Crippen molar-refractivity contribution in [2.24, 2.45) is 0 Å². The second kappa shape index (κ2) is 7.45. The molecule has 18 heavy (non-hydrogen) atoms. The molecule has 0 aliphatic carbocycles. The Kier molecular flexibility index (Phi) is 5.88. The number of aldehydes is 1. The van der Waals surface area contributed by atoms with E-state index in [2.05, 4.69) is 4.98 Å². The van der Waals surface area contributed by atoms with Crippen molar-refractivity contribution in [1.29, 1.82) is 0 Å². The number of benzene rings is 1. The molecule has 0 saturated carbocycles. The van der Waals surface area contributed by atoms with Crippen molar-refractivity contribution in [3.63, 3.8) is 0 Å². The molecule has 3 nitrogen and oxygen atoms in total. The molecule has 1 aromatic carbocycles. The smallest absolute Gasteiger partial charge is 0.157 e. The molecule has 2 rings (SSSR count). The van der Waals surface area contributed by atoms with Crippen LogP contribution in [0.3, 0.4) is 0 Å². The predicted molar refractivity (Wildman–Crippen MR) is 72.5 cm³/mol. The summed E-state index contributed by atoms with van der Waals surface area (Å²) < 4.78 is 5.50. The topological polar surface area (TPSA) is 39.2 Å². The lowest BCUT2D eigenvalue weighted by atomic mass is 10.2. The Morgan fingerprint density at radius 1 is 1.17 bits per heavy atom. The molecule has 0 aliphatic heterocycles. The molecule has 2 aromatic rings. The average molecular weight is 264 g/mol. The minimum atomic E-state index is 0.281. The van der Waals surface area contributed by atoms with Crippen LogP contribution in [0.2, 0.25) is 5.02 Å². The third kappa shape index (κ3) is 3.57. The van der Waals surface area contributed by atoms with E-state index in [0.29, 0.717) is 23.3 Å². The number of aromatic nitrogens is 1. The van der Waals surface area contributed by atoms with E-state index >= 15 is 0 Å². The largest absolute Gasteiger partial charge is 0.455 e. The third-order valence-electron chi connectivity index (χ3n) is 1.99. The van der Waals surface area contributed by atoms with E-state index in [-0.39, 0.29) is 5.02 Å². The van der Waals surface area contributed by atoms with Crippen molar-refractivity contribution < 1.29 is 9.53 Å². The maximum atomic E-state index is 10.8. The molecule has 0 bridgehead atoms. The zero-order valence-corrected chi connectivity index (χ0v) is 11.0. The van der Waals surface area contributed by atoms with Gasteiger partial charge < -0.3 is 4.74 Å². The maximum Gasteiger partial charge on any atom is 0.157 e. The molecule has 0 fully saturated rings. The number of para-hydroxylation sites is 1. The first-order chi connectivity index (χ1) is 8.81. The van der Waals surface area contributed by atoms with Crippen LogP contribution in [0.4, 0.5) is 0 Å². The summed E-state index contributed by atoms with van der Waals surface area (Å²) in [6.07, 6.45) is 3.52. The van der Waals surface area contributed by atoms with Crippen molar-refractivity contribution in [1.82, 2.24) is 4.98 Å². The first-order valence-corrected chi connectivity index (χ1v) is 6.00. The number of nitrogens with zero attached hydrogens (tertiary/aromatic N) is 1. The van der Waals surface area contributed by atoms with Gasteiger partial charge in [0.15, 0.2) is 12.0 Å². The van der Waals surface area contributed by atoms with Gasteiger partial charge in [0.2, 0.25) is 0 Å². The van der Waals surface area contributed by atoms with Crippen LogP contribution in [0.5, 0.6) is 11.5 Å². The van der Waals surface area contributed by atoms with Crippen molar-refractivity contribution >= 4 is 17.9 Å². The van der Waals surface area contributed by atoms with Crippen LogP contribution < -0.4 is 4.74 Å². The van der Waals surface area contributed by atoms with E-state index in [1.54, 1.807) is 12.1 Å². The number of pyridine rings is 1. The van der Waals surface area contributed by atoms with Gasteiger partial charge in [0, 0.05) is 6.20 Å². The lowest BCUT2D eigenvalue weighted by molar-refractivity contribution is 0.112. The van der Waals surface area contributed by atoms with E-state index in [9.17, 15) is 4.79 Å². The minimum Gasteiger partial charge on any atom is -0.455 e. The monoisotopic (exact) mass is 263 g/mol. The van der Waals surface area contributed by atoms with Crippen LogP contribution in [-0.2, 0) is 0 Å². The fourth-order valence-electron chi connectivity index (χ4n) is 1.24. The number of carbonyl (C=O) groups is 1. The Morgan fingerprint density at radius 2 is 1.83 bits per heavy atom. The Balaban J connectivity index is 0.000000771. The molecule has 0 N–H and O–H groups in total. The predicted octanol–water partition coefficient (Wildman–Crippen LogP) is 4.37. The van der Waals surface area contributed by atoms with Gasteiger partial charge in [-0.05, 0) is 12.1 Å². The molecule has 1 heterocycles. The molecule has 94 valence electrons. The fourth-order valence-corrected chi connectivity index (χ4v) is 1.43. The maximum absolute atomic E-state index is 10.8. The molecule has 0 unspecified atom stereocenters. The lowest BCUT2D eigenvalue weighted by Crippen LogP contribution is -1.92. The first kappa shape index (κ1) is 14.2. The molecule has 0 spiro atoms. The van der Waals surface area contributed by atoms with Crippen LogP contribution in [0.15, 0.2) is 42.7 Å². The summed E-state index contributed by atoms with van der Waals surface area (Å²) in [5.41, 5.74) is 0.306. The minimum absolute atomic E-state index is 0.281. The summed E-state index contributed by atoms with van der Waals surface area (Å²) in [5, 5.41) is 0.281. The van der Waals surface area contributed by atoms with Crippen LogP contribution in [0.25, 0.3) is 0 Å².